The van der Waals surface area contributed by atoms with Crippen LogP contribution in [-0.4, -0.2) is 65.4 Å². The van der Waals surface area contributed by atoms with Gasteiger partial charge in [0.2, 0.25) is 23.6 Å². The van der Waals surface area contributed by atoms with E-state index in [9.17, 15) is 29.1 Å². The van der Waals surface area contributed by atoms with Crippen molar-refractivity contribution in [2.75, 3.05) is 6.54 Å². The smallest absolute Gasteiger partial charge is 0.326 e. The molecule has 5 unspecified atom stereocenters. The molecule has 0 bridgehead atoms. The van der Waals surface area contributed by atoms with Gasteiger partial charge in [0.15, 0.2) is 0 Å². The SMILES string of the molecule is CCC(C)C(NC(=O)C(CC(N)=O)NC(=O)C1CCCN1)C(=O)NC(Cc1ccccc1)C(=O)O. The molecule has 0 spiro atoms. The van der Waals surface area contributed by atoms with Gasteiger partial charge in [-0.2, -0.15) is 0 Å². The summed E-state index contributed by atoms with van der Waals surface area (Å²) >= 11 is 0. The maximum atomic E-state index is 13.1. The van der Waals surface area contributed by atoms with Crippen molar-refractivity contribution in [1.82, 2.24) is 21.3 Å². The highest BCUT2D eigenvalue weighted by Crippen LogP contribution is 2.11. The van der Waals surface area contributed by atoms with E-state index in [-0.39, 0.29) is 12.3 Å². The first-order chi connectivity index (χ1) is 16.6. The summed E-state index contributed by atoms with van der Waals surface area (Å²) in [4.78, 5) is 61.9. The monoisotopic (exact) mass is 489 g/mol. The number of primary amides is 1. The Bertz CT molecular complexity index is 903. The Morgan fingerprint density at radius 3 is 2.29 bits per heavy atom. The van der Waals surface area contributed by atoms with E-state index < -0.39 is 60.2 Å². The van der Waals surface area contributed by atoms with Crippen molar-refractivity contribution in [3.8, 4) is 0 Å². The third kappa shape index (κ3) is 8.67. The number of carbonyl (C=O) groups excluding carboxylic acids is 4. The predicted molar refractivity (Wildman–Crippen MR) is 128 cm³/mol. The van der Waals surface area contributed by atoms with Gasteiger partial charge < -0.3 is 32.1 Å². The molecule has 1 aromatic rings. The number of amides is 4. The van der Waals surface area contributed by atoms with Gasteiger partial charge in [-0.15, -0.1) is 0 Å². The third-order valence-electron chi connectivity index (χ3n) is 6.11. The molecule has 0 aromatic heterocycles. The quantitative estimate of drug-likeness (QED) is 0.215. The number of carbonyl (C=O) groups is 5. The van der Waals surface area contributed by atoms with Crippen LogP contribution in [0.5, 0.6) is 0 Å². The molecule has 192 valence electrons. The summed E-state index contributed by atoms with van der Waals surface area (Å²) in [5.74, 6) is -4.19. The van der Waals surface area contributed by atoms with Gasteiger partial charge in [-0.1, -0.05) is 50.6 Å². The van der Waals surface area contributed by atoms with Crippen molar-refractivity contribution < 1.29 is 29.1 Å². The van der Waals surface area contributed by atoms with Gasteiger partial charge in [0.1, 0.15) is 18.1 Å². The number of carboxylic acid groups (broad SMARTS) is 1. The number of nitrogens with two attached hydrogens (primary N) is 1. The normalized spacial score (nSPS) is 18.5. The molecule has 11 heteroatoms. The Hall–Kier alpha value is -3.47. The minimum Gasteiger partial charge on any atom is -0.480 e. The van der Waals surface area contributed by atoms with Crippen molar-refractivity contribution >= 4 is 29.6 Å². The Balaban J connectivity index is 2.13. The first kappa shape index (κ1) is 27.8. The zero-order valence-corrected chi connectivity index (χ0v) is 20.1. The van der Waals surface area contributed by atoms with Crippen LogP contribution in [0.2, 0.25) is 0 Å². The molecule has 7 N–H and O–H groups in total. The van der Waals surface area contributed by atoms with Gasteiger partial charge >= 0.3 is 5.97 Å². The molecule has 5 atom stereocenters. The fraction of sp³-hybridized carbons (Fsp3) is 0.542. The largest absolute Gasteiger partial charge is 0.480 e. The summed E-state index contributed by atoms with van der Waals surface area (Å²) < 4.78 is 0. The number of benzene rings is 1. The van der Waals surface area contributed by atoms with E-state index in [2.05, 4.69) is 21.3 Å². The maximum absolute atomic E-state index is 13.1. The van der Waals surface area contributed by atoms with Gasteiger partial charge in [0, 0.05) is 6.42 Å². The van der Waals surface area contributed by atoms with Gasteiger partial charge in [-0.05, 0) is 30.9 Å². The van der Waals surface area contributed by atoms with E-state index in [1.807, 2.05) is 6.92 Å². The molecule has 2 rings (SSSR count). The standard InChI is InChI=1S/C24H35N5O6/c1-3-14(2)20(23(33)28-18(24(34)35)12-15-8-5-4-6-9-15)29-22(32)17(13-19(25)30)27-21(31)16-10-7-11-26-16/h4-6,8-9,14,16-18,20,26H,3,7,10-13H2,1-2H3,(H2,25,30)(H,27,31)(H,28,33)(H,29,32)(H,34,35). The zero-order valence-electron chi connectivity index (χ0n) is 20.1. The molecule has 11 nitrogen and oxygen atoms in total. The second-order valence-electron chi connectivity index (χ2n) is 8.84. The summed E-state index contributed by atoms with van der Waals surface area (Å²) in [5, 5.41) is 20.3. The molecule has 4 amide bonds. The molecule has 1 aromatic carbocycles. The lowest BCUT2D eigenvalue weighted by Gasteiger charge is -2.28. The van der Waals surface area contributed by atoms with E-state index in [1.54, 1.807) is 37.3 Å². The Morgan fingerprint density at radius 1 is 1.06 bits per heavy atom. The van der Waals surface area contributed by atoms with Crippen molar-refractivity contribution in [3.63, 3.8) is 0 Å². The minimum atomic E-state index is -1.26. The van der Waals surface area contributed by atoms with Gasteiger partial charge in [0.05, 0.1) is 12.5 Å². The average Bonchev–Trinajstić information content (AvgIpc) is 3.36. The van der Waals surface area contributed by atoms with Crippen LogP contribution >= 0.6 is 0 Å². The van der Waals surface area contributed by atoms with Crippen LogP contribution in [-0.2, 0) is 30.4 Å². The number of nitrogens with one attached hydrogen (secondary N) is 4. The van der Waals surface area contributed by atoms with Crippen molar-refractivity contribution in [2.24, 2.45) is 11.7 Å². The molecule has 1 aliphatic heterocycles. The summed E-state index contributed by atoms with van der Waals surface area (Å²) in [6.07, 6.45) is 1.55. The van der Waals surface area contributed by atoms with Crippen LogP contribution in [0, 0.1) is 5.92 Å². The average molecular weight is 490 g/mol. The van der Waals surface area contributed by atoms with E-state index in [0.29, 0.717) is 19.4 Å². The number of rotatable bonds is 13. The van der Waals surface area contributed by atoms with E-state index in [0.717, 1.165) is 12.0 Å². The molecule has 1 fully saturated rings. The third-order valence-corrected chi connectivity index (χ3v) is 6.11. The Labute approximate surface area is 204 Å². The first-order valence-electron chi connectivity index (χ1n) is 11.8. The highest BCUT2D eigenvalue weighted by molar-refractivity contribution is 5.96. The van der Waals surface area contributed by atoms with E-state index >= 15 is 0 Å². The van der Waals surface area contributed by atoms with Gasteiger partial charge in [-0.25, -0.2) is 4.79 Å². The molecule has 0 saturated carbocycles. The van der Waals surface area contributed by atoms with Crippen molar-refractivity contribution in [2.45, 2.75) is 70.1 Å². The number of hydrogen-bond acceptors (Lipinski definition) is 6. The lowest BCUT2D eigenvalue weighted by molar-refractivity contribution is -0.142. The molecule has 1 heterocycles. The molecule has 35 heavy (non-hydrogen) atoms. The van der Waals surface area contributed by atoms with Crippen LogP contribution in [0.3, 0.4) is 0 Å². The van der Waals surface area contributed by atoms with Gasteiger partial charge in [-0.3, -0.25) is 19.2 Å². The topological polar surface area (TPSA) is 180 Å². The number of aliphatic carboxylic acids is 1. The molecular formula is C24H35N5O6. The molecule has 1 saturated heterocycles. The molecular weight excluding hydrogens is 454 g/mol. The Kier molecular flexibility index (Phi) is 10.7. The number of hydrogen-bond donors (Lipinski definition) is 6. The van der Waals surface area contributed by atoms with Gasteiger partial charge in [0.25, 0.3) is 0 Å². The fourth-order valence-corrected chi connectivity index (χ4v) is 3.86. The van der Waals surface area contributed by atoms with Crippen LogP contribution in [0.4, 0.5) is 0 Å². The predicted octanol–water partition coefficient (Wildman–Crippen LogP) is -0.558. The number of carboxylic acids is 1. The van der Waals surface area contributed by atoms with Crippen LogP contribution in [0.15, 0.2) is 30.3 Å². The van der Waals surface area contributed by atoms with Crippen LogP contribution in [0.25, 0.3) is 0 Å². The van der Waals surface area contributed by atoms with Crippen molar-refractivity contribution in [1.29, 1.82) is 0 Å². The summed E-state index contributed by atoms with van der Waals surface area (Å²) in [5.41, 5.74) is 6.01. The molecule has 0 radical (unpaired) electrons. The lowest BCUT2D eigenvalue weighted by Crippen LogP contribution is -2.59. The molecule has 1 aliphatic rings. The fourth-order valence-electron chi connectivity index (χ4n) is 3.86. The summed E-state index contributed by atoms with van der Waals surface area (Å²) in [6.45, 7) is 4.24. The minimum absolute atomic E-state index is 0.0673. The first-order valence-corrected chi connectivity index (χ1v) is 11.8. The molecule has 0 aliphatic carbocycles. The van der Waals surface area contributed by atoms with Crippen LogP contribution < -0.4 is 27.0 Å². The Morgan fingerprint density at radius 2 is 1.74 bits per heavy atom. The van der Waals surface area contributed by atoms with E-state index in [1.165, 1.54) is 0 Å². The lowest BCUT2D eigenvalue weighted by atomic mass is 9.96. The van der Waals surface area contributed by atoms with Crippen molar-refractivity contribution in [3.05, 3.63) is 35.9 Å². The second-order valence-corrected chi connectivity index (χ2v) is 8.84. The highest BCUT2D eigenvalue weighted by Gasteiger charge is 2.34. The second kappa shape index (κ2) is 13.4. The highest BCUT2D eigenvalue weighted by atomic mass is 16.4. The summed E-state index contributed by atoms with van der Waals surface area (Å²) in [7, 11) is 0. The maximum Gasteiger partial charge on any atom is 0.326 e. The van der Waals surface area contributed by atoms with E-state index in [4.69, 9.17) is 5.73 Å². The zero-order chi connectivity index (χ0) is 26.0. The van der Waals surface area contributed by atoms with Crippen LogP contribution in [0.1, 0.15) is 45.1 Å². The summed E-state index contributed by atoms with van der Waals surface area (Å²) in [6, 6.07) is 4.83.